The molecule has 0 saturated carbocycles. The number of aryl methyl sites for hydroxylation is 1. The van der Waals surface area contributed by atoms with Crippen molar-refractivity contribution in [1.29, 1.82) is 0 Å². The van der Waals surface area contributed by atoms with Crippen molar-refractivity contribution in [2.75, 3.05) is 0 Å². The van der Waals surface area contributed by atoms with Crippen molar-refractivity contribution >= 4 is 31.9 Å². The first-order valence-corrected chi connectivity index (χ1v) is 7.42. The zero-order chi connectivity index (χ0) is 13.1. The number of halogens is 3. The van der Waals surface area contributed by atoms with E-state index in [9.17, 15) is 4.39 Å². The minimum atomic E-state index is -0.182. The third-order valence-electron chi connectivity index (χ3n) is 2.85. The maximum Gasteiger partial charge on any atom is 0.128 e. The molecule has 2 aromatic rings. The van der Waals surface area contributed by atoms with Gasteiger partial charge in [0.05, 0.1) is 0 Å². The van der Waals surface area contributed by atoms with E-state index >= 15 is 0 Å². The molecular formula is C15H13Br2F. The Labute approximate surface area is 123 Å². The van der Waals surface area contributed by atoms with Gasteiger partial charge in [0.1, 0.15) is 5.82 Å². The molecule has 94 valence electrons. The smallest absolute Gasteiger partial charge is 0.128 e. The lowest BCUT2D eigenvalue weighted by atomic mass is 10.0. The van der Waals surface area contributed by atoms with Gasteiger partial charge in [0.25, 0.3) is 0 Å². The second-order valence-electron chi connectivity index (χ2n) is 4.29. The summed E-state index contributed by atoms with van der Waals surface area (Å²) in [4.78, 5) is -0.0317. The van der Waals surface area contributed by atoms with Crippen LogP contribution in [0, 0.1) is 12.7 Å². The Morgan fingerprint density at radius 1 is 1.11 bits per heavy atom. The van der Waals surface area contributed by atoms with Gasteiger partial charge in [0.2, 0.25) is 0 Å². The van der Waals surface area contributed by atoms with Gasteiger partial charge in [-0.15, -0.1) is 0 Å². The average molecular weight is 372 g/mol. The number of alkyl halides is 1. The second kappa shape index (κ2) is 5.98. The zero-order valence-electron chi connectivity index (χ0n) is 9.96. The molecule has 0 saturated heterocycles. The average Bonchev–Trinajstić information content (AvgIpc) is 2.32. The van der Waals surface area contributed by atoms with Crippen LogP contribution in [0.4, 0.5) is 4.39 Å². The summed E-state index contributed by atoms with van der Waals surface area (Å²) in [7, 11) is 0. The standard InChI is InChI=1S/C15H13Br2F/c1-10-5-7-11(8-6-10)9-13(17)15-12(16)3-2-4-14(15)18/h2-8,13H,9H2,1H3. The molecule has 0 aliphatic carbocycles. The van der Waals surface area contributed by atoms with E-state index in [2.05, 4.69) is 63.0 Å². The monoisotopic (exact) mass is 370 g/mol. The first-order chi connectivity index (χ1) is 8.58. The Hall–Kier alpha value is -0.670. The van der Waals surface area contributed by atoms with Gasteiger partial charge in [-0.25, -0.2) is 4.39 Å². The first kappa shape index (κ1) is 13.8. The molecule has 3 heteroatoms. The third kappa shape index (κ3) is 3.21. The van der Waals surface area contributed by atoms with Crippen molar-refractivity contribution in [2.24, 2.45) is 0 Å². The van der Waals surface area contributed by atoms with Gasteiger partial charge in [-0.1, -0.05) is 67.8 Å². The predicted octanol–water partition coefficient (Wildman–Crippen LogP) is 5.58. The van der Waals surface area contributed by atoms with E-state index in [0.717, 1.165) is 10.9 Å². The molecule has 2 rings (SSSR count). The van der Waals surface area contributed by atoms with Crippen molar-refractivity contribution in [3.63, 3.8) is 0 Å². The van der Waals surface area contributed by atoms with Crippen LogP contribution in [0.15, 0.2) is 46.9 Å². The molecule has 0 bridgehead atoms. The summed E-state index contributed by atoms with van der Waals surface area (Å²) in [6.45, 7) is 2.06. The van der Waals surface area contributed by atoms with E-state index in [4.69, 9.17) is 0 Å². The molecule has 0 nitrogen and oxygen atoms in total. The molecule has 0 aliphatic heterocycles. The molecule has 1 unspecified atom stereocenters. The van der Waals surface area contributed by atoms with E-state index in [0.29, 0.717) is 5.56 Å². The van der Waals surface area contributed by atoms with Crippen molar-refractivity contribution in [3.05, 3.63) is 69.4 Å². The fraction of sp³-hybridized carbons (Fsp3) is 0.200. The molecular weight excluding hydrogens is 359 g/mol. The van der Waals surface area contributed by atoms with Crippen molar-refractivity contribution in [2.45, 2.75) is 18.2 Å². The molecule has 0 radical (unpaired) electrons. The van der Waals surface area contributed by atoms with Gasteiger partial charge in [0.15, 0.2) is 0 Å². The number of hydrogen-bond donors (Lipinski definition) is 0. The van der Waals surface area contributed by atoms with Crippen LogP contribution in [0.5, 0.6) is 0 Å². The van der Waals surface area contributed by atoms with Crippen molar-refractivity contribution < 1.29 is 4.39 Å². The fourth-order valence-electron chi connectivity index (χ4n) is 1.84. The Morgan fingerprint density at radius 2 is 1.78 bits per heavy atom. The van der Waals surface area contributed by atoms with Gasteiger partial charge in [-0.2, -0.15) is 0 Å². The van der Waals surface area contributed by atoms with Crippen LogP contribution in [0.25, 0.3) is 0 Å². The summed E-state index contributed by atoms with van der Waals surface area (Å²) in [5.74, 6) is -0.182. The lowest BCUT2D eigenvalue weighted by Crippen LogP contribution is -2.00. The summed E-state index contributed by atoms with van der Waals surface area (Å²) in [5.41, 5.74) is 3.10. The molecule has 0 heterocycles. The molecule has 0 fully saturated rings. The van der Waals surface area contributed by atoms with Gasteiger partial charge >= 0.3 is 0 Å². The Balaban J connectivity index is 2.22. The fourth-order valence-corrected chi connectivity index (χ4v) is 3.61. The number of rotatable bonds is 3. The molecule has 0 amide bonds. The van der Waals surface area contributed by atoms with Crippen LogP contribution in [0.3, 0.4) is 0 Å². The SMILES string of the molecule is Cc1ccc(CC(Br)c2c(F)cccc2Br)cc1. The van der Waals surface area contributed by atoms with Gasteiger partial charge in [-0.05, 0) is 31.0 Å². The van der Waals surface area contributed by atoms with Gasteiger partial charge in [-0.3, -0.25) is 0 Å². The topological polar surface area (TPSA) is 0 Å². The largest absolute Gasteiger partial charge is 0.207 e. The molecule has 0 N–H and O–H groups in total. The molecule has 18 heavy (non-hydrogen) atoms. The van der Waals surface area contributed by atoms with Crippen LogP contribution in [-0.2, 0) is 6.42 Å². The summed E-state index contributed by atoms with van der Waals surface area (Å²) >= 11 is 6.98. The second-order valence-corrected chi connectivity index (χ2v) is 6.25. The number of benzene rings is 2. The lowest BCUT2D eigenvalue weighted by Gasteiger charge is -2.13. The highest BCUT2D eigenvalue weighted by molar-refractivity contribution is 9.11. The van der Waals surface area contributed by atoms with Crippen molar-refractivity contribution in [1.82, 2.24) is 0 Å². The predicted molar refractivity (Wildman–Crippen MR) is 80.7 cm³/mol. The van der Waals surface area contributed by atoms with Crippen LogP contribution in [-0.4, -0.2) is 0 Å². The van der Waals surface area contributed by atoms with E-state index in [1.165, 1.54) is 17.2 Å². The highest BCUT2D eigenvalue weighted by Gasteiger charge is 2.16. The quantitative estimate of drug-likeness (QED) is 0.618. The van der Waals surface area contributed by atoms with Crippen LogP contribution in [0.2, 0.25) is 0 Å². The van der Waals surface area contributed by atoms with Gasteiger partial charge < -0.3 is 0 Å². The van der Waals surface area contributed by atoms with E-state index in [1.807, 2.05) is 6.07 Å². The summed E-state index contributed by atoms with van der Waals surface area (Å²) in [5, 5.41) is 0. The molecule has 2 aromatic carbocycles. The molecule has 0 aliphatic rings. The molecule has 1 atom stereocenters. The highest BCUT2D eigenvalue weighted by Crippen LogP contribution is 2.34. The Bertz CT molecular complexity index is 514. The lowest BCUT2D eigenvalue weighted by molar-refractivity contribution is 0.606. The molecule has 0 aromatic heterocycles. The van der Waals surface area contributed by atoms with Crippen molar-refractivity contribution in [3.8, 4) is 0 Å². The number of hydrogen-bond acceptors (Lipinski definition) is 0. The van der Waals surface area contributed by atoms with E-state index in [-0.39, 0.29) is 10.6 Å². The zero-order valence-corrected chi connectivity index (χ0v) is 13.1. The minimum absolute atomic E-state index is 0.0317. The maximum atomic E-state index is 13.8. The van der Waals surface area contributed by atoms with Crippen LogP contribution < -0.4 is 0 Å². The van der Waals surface area contributed by atoms with Gasteiger partial charge in [0, 0.05) is 14.9 Å². The normalized spacial score (nSPS) is 12.4. The van der Waals surface area contributed by atoms with Crippen LogP contribution >= 0.6 is 31.9 Å². The third-order valence-corrected chi connectivity index (χ3v) is 4.32. The maximum absolute atomic E-state index is 13.8. The Morgan fingerprint density at radius 3 is 2.39 bits per heavy atom. The summed E-state index contributed by atoms with van der Waals surface area (Å²) < 4.78 is 14.6. The van der Waals surface area contributed by atoms with Crippen LogP contribution in [0.1, 0.15) is 21.5 Å². The summed E-state index contributed by atoms with van der Waals surface area (Å²) in [6.07, 6.45) is 0.764. The van der Waals surface area contributed by atoms with E-state index < -0.39 is 0 Å². The minimum Gasteiger partial charge on any atom is -0.207 e. The summed E-state index contributed by atoms with van der Waals surface area (Å²) in [6, 6.07) is 13.4. The Kier molecular flexibility index (Phi) is 4.57. The molecule has 0 spiro atoms. The first-order valence-electron chi connectivity index (χ1n) is 5.71. The highest BCUT2D eigenvalue weighted by atomic mass is 79.9. The van der Waals surface area contributed by atoms with E-state index in [1.54, 1.807) is 6.07 Å².